The standard InChI is InChI=1S/C21H24ClFN6O2/c1-21(2,3)31-20(30)28-8-4-5-14(12-28)25-17-9-16(22)26-19(27-17)15-10-24-18-7-6-13(23)11-29(15)18/h6-7,9-11,14H,4-5,8,12H2,1-3H3,(H,25,26,27). The van der Waals surface area contributed by atoms with E-state index in [-0.39, 0.29) is 17.3 Å². The number of rotatable bonds is 3. The van der Waals surface area contributed by atoms with E-state index in [1.165, 1.54) is 12.3 Å². The van der Waals surface area contributed by atoms with E-state index in [0.29, 0.717) is 36.1 Å². The molecule has 4 heterocycles. The topological polar surface area (TPSA) is 84.6 Å². The molecule has 1 aliphatic heterocycles. The normalized spacial score (nSPS) is 17.1. The monoisotopic (exact) mass is 446 g/mol. The van der Waals surface area contributed by atoms with E-state index in [0.717, 1.165) is 12.8 Å². The van der Waals surface area contributed by atoms with Gasteiger partial charge in [-0.2, -0.15) is 0 Å². The molecule has 1 atom stereocenters. The molecule has 1 fully saturated rings. The summed E-state index contributed by atoms with van der Waals surface area (Å²) in [5, 5.41) is 3.59. The number of imidazole rings is 1. The number of fused-ring (bicyclic) bond motifs is 1. The highest BCUT2D eigenvalue weighted by Gasteiger charge is 2.28. The third-order valence-corrected chi connectivity index (χ3v) is 5.01. The highest BCUT2D eigenvalue weighted by molar-refractivity contribution is 6.29. The van der Waals surface area contributed by atoms with Crippen molar-refractivity contribution in [2.24, 2.45) is 0 Å². The average Bonchev–Trinajstić information content (AvgIpc) is 3.09. The SMILES string of the molecule is CC(C)(C)OC(=O)N1CCCC(Nc2cc(Cl)nc(-c3cnc4ccc(F)cn34)n2)C1. The Morgan fingerprint density at radius 3 is 2.90 bits per heavy atom. The average molecular weight is 447 g/mol. The fourth-order valence-corrected chi connectivity index (χ4v) is 3.71. The van der Waals surface area contributed by atoms with Gasteiger partial charge in [-0.15, -0.1) is 0 Å². The molecule has 1 saturated heterocycles. The van der Waals surface area contributed by atoms with Crippen molar-refractivity contribution in [3.63, 3.8) is 0 Å². The van der Waals surface area contributed by atoms with E-state index < -0.39 is 11.4 Å². The highest BCUT2D eigenvalue weighted by atomic mass is 35.5. The fourth-order valence-electron chi connectivity index (χ4n) is 3.52. The summed E-state index contributed by atoms with van der Waals surface area (Å²) < 4.78 is 20.8. The third kappa shape index (κ3) is 5.04. The highest BCUT2D eigenvalue weighted by Crippen LogP contribution is 2.24. The second-order valence-corrected chi connectivity index (χ2v) is 8.92. The van der Waals surface area contributed by atoms with Crippen molar-refractivity contribution in [2.75, 3.05) is 18.4 Å². The lowest BCUT2D eigenvalue weighted by Gasteiger charge is -2.34. The van der Waals surface area contributed by atoms with Gasteiger partial charge in [-0.3, -0.25) is 4.40 Å². The minimum atomic E-state index is -0.542. The zero-order valence-corrected chi connectivity index (χ0v) is 18.4. The summed E-state index contributed by atoms with van der Waals surface area (Å²) in [6.07, 6.45) is 4.30. The van der Waals surface area contributed by atoms with Crippen molar-refractivity contribution < 1.29 is 13.9 Å². The number of nitrogens with one attached hydrogen (secondary N) is 1. The number of anilines is 1. The van der Waals surface area contributed by atoms with Crippen LogP contribution in [0.25, 0.3) is 17.2 Å². The lowest BCUT2D eigenvalue weighted by molar-refractivity contribution is 0.0206. The Morgan fingerprint density at radius 1 is 1.32 bits per heavy atom. The summed E-state index contributed by atoms with van der Waals surface area (Å²) in [7, 11) is 0. The molecule has 31 heavy (non-hydrogen) atoms. The number of aromatic nitrogens is 4. The zero-order valence-electron chi connectivity index (χ0n) is 17.6. The second-order valence-electron chi connectivity index (χ2n) is 8.53. The molecule has 0 radical (unpaired) electrons. The summed E-state index contributed by atoms with van der Waals surface area (Å²) in [4.78, 5) is 27.2. The largest absolute Gasteiger partial charge is 0.444 e. The molecule has 164 valence electrons. The van der Waals surface area contributed by atoms with Crippen LogP contribution < -0.4 is 5.32 Å². The number of carbonyl (C=O) groups is 1. The van der Waals surface area contributed by atoms with Crippen molar-refractivity contribution in [1.29, 1.82) is 0 Å². The van der Waals surface area contributed by atoms with Gasteiger partial charge in [0.05, 0.1) is 6.20 Å². The van der Waals surface area contributed by atoms with Crippen LogP contribution in [0.5, 0.6) is 0 Å². The fraction of sp³-hybridized carbons (Fsp3) is 0.429. The summed E-state index contributed by atoms with van der Waals surface area (Å²) in [5.74, 6) is 0.460. The number of nitrogens with zero attached hydrogens (tertiary/aromatic N) is 5. The van der Waals surface area contributed by atoms with Gasteiger partial charge in [-0.25, -0.2) is 24.1 Å². The predicted molar refractivity (Wildman–Crippen MR) is 116 cm³/mol. The van der Waals surface area contributed by atoms with E-state index in [4.69, 9.17) is 16.3 Å². The van der Waals surface area contributed by atoms with Crippen LogP contribution in [0.3, 0.4) is 0 Å². The second kappa shape index (κ2) is 8.30. The smallest absolute Gasteiger partial charge is 0.410 e. The number of hydrogen-bond donors (Lipinski definition) is 1. The number of hydrogen-bond acceptors (Lipinski definition) is 6. The molecule has 3 aromatic rings. The van der Waals surface area contributed by atoms with E-state index in [9.17, 15) is 9.18 Å². The molecule has 3 aromatic heterocycles. The minimum absolute atomic E-state index is 0.0142. The molecule has 0 bridgehead atoms. The maximum Gasteiger partial charge on any atom is 0.410 e. The van der Waals surface area contributed by atoms with Gasteiger partial charge in [0.2, 0.25) is 0 Å². The molecule has 1 aliphatic rings. The van der Waals surface area contributed by atoms with E-state index in [1.54, 1.807) is 27.6 Å². The number of likely N-dealkylation sites (tertiary alicyclic amines) is 1. The molecule has 0 aliphatic carbocycles. The van der Waals surface area contributed by atoms with Crippen LogP contribution in [0.1, 0.15) is 33.6 Å². The molecular formula is C21H24ClFN6O2. The van der Waals surface area contributed by atoms with Gasteiger partial charge >= 0.3 is 6.09 Å². The van der Waals surface area contributed by atoms with Crippen LogP contribution in [0.4, 0.5) is 15.0 Å². The van der Waals surface area contributed by atoms with Gasteiger partial charge in [0, 0.05) is 31.4 Å². The first kappa shape index (κ1) is 21.3. The predicted octanol–water partition coefficient (Wildman–Crippen LogP) is 4.40. The molecule has 10 heteroatoms. The molecule has 0 aromatic carbocycles. The lowest BCUT2D eigenvalue weighted by Crippen LogP contribution is -2.47. The molecule has 1 N–H and O–H groups in total. The summed E-state index contributed by atoms with van der Waals surface area (Å²) in [6.45, 7) is 6.69. The first-order valence-corrected chi connectivity index (χ1v) is 10.5. The number of ether oxygens (including phenoxy) is 1. The van der Waals surface area contributed by atoms with Gasteiger partial charge < -0.3 is 15.0 Å². The number of piperidine rings is 1. The molecular weight excluding hydrogens is 423 g/mol. The van der Waals surface area contributed by atoms with Gasteiger partial charge in [0.25, 0.3) is 0 Å². The van der Waals surface area contributed by atoms with Gasteiger partial charge in [-0.05, 0) is 45.7 Å². The number of pyridine rings is 1. The van der Waals surface area contributed by atoms with Crippen molar-refractivity contribution >= 4 is 29.2 Å². The Morgan fingerprint density at radius 2 is 2.13 bits per heavy atom. The Balaban J connectivity index is 1.53. The lowest BCUT2D eigenvalue weighted by atomic mass is 10.1. The van der Waals surface area contributed by atoms with Crippen molar-refractivity contribution in [2.45, 2.75) is 45.3 Å². The number of carbonyl (C=O) groups excluding carboxylic acids is 1. The molecule has 1 amide bonds. The Kier molecular flexibility index (Phi) is 5.70. The molecule has 1 unspecified atom stereocenters. The van der Waals surface area contributed by atoms with E-state index >= 15 is 0 Å². The maximum atomic E-state index is 13.7. The first-order chi connectivity index (χ1) is 14.7. The summed E-state index contributed by atoms with van der Waals surface area (Å²) in [5.41, 5.74) is 0.564. The molecule has 0 saturated carbocycles. The number of halogens is 2. The van der Waals surface area contributed by atoms with Crippen molar-refractivity contribution in [3.05, 3.63) is 41.6 Å². The number of amides is 1. The zero-order chi connectivity index (χ0) is 22.2. The van der Waals surface area contributed by atoms with Crippen LogP contribution in [-0.2, 0) is 4.74 Å². The summed E-state index contributed by atoms with van der Waals surface area (Å²) in [6, 6.07) is 4.54. The molecule has 8 nitrogen and oxygen atoms in total. The van der Waals surface area contributed by atoms with Crippen LogP contribution in [-0.4, -0.2) is 55.1 Å². The van der Waals surface area contributed by atoms with Gasteiger partial charge in [-0.1, -0.05) is 11.6 Å². The quantitative estimate of drug-likeness (QED) is 0.600. The van der Waals surface area contributed by atoms with Crippen molar-refractivity contribution in [1.82, 2.24) is 24.3 Å². The Bertz CT molecular complexity index is 1110. The summed E-state index contributed by atoms with van der Waals surface area (Å²) >= 11 is 6.24. The van der Waals surface area contributed by atoms with Crippen LogP contribution in [0, 0.1) is 5.82 Å². The van der Waals surface area contributed by atoms with Crippen molar-refractivity contribution in [3.8, 4) is 11.5 Å². The maximum absolute atomic E-state index is 13.7. The van der Waals surface area contributed by atoms with Crippen LogP contribution >= 0.6 is 11.6 Å². The Labute approximate surface area is 184 Å². The molecule has 4 rings (SSSR count). The first-order valence-electron chi connectivity index (χ1n) is 10.1. The minimum Gasteiger partial charge on any atom is -0.444 e. The van der Waals surface area contributed by atoms with Crippen LogP contribution in [0.2, 0.25) is 5.15 Å². The van der Waals surface area contributed by atoms with Gasteiger partial charge in [0.15, 0.2) is 5.82 Å². The Hall–Kier alpha value is -2.94. The molecule has 0 spiro atoms. The van der Waals surface area contributed by atoms with E-state index in [2.05, 4.69) is 20.3 Å². The van der Waals surface area contributed by atoms with Gasteiger partial charge in [0.1, 0.15) is 33.7 Å². The van der Waals surface area contributed by atoms with Crippen LogP contribution in [0.15, 0.2) is 30.6 Å². The van der Waals surface area contributed by atoms with E-state index in [1.807, 2.05) is 20.8 Å². The third-order valence-electron chi connectivity index (χ3n) is 4.82.